The van der Waals surface area contributed by atoms with Crippen LogP contribution in [0.15, 0.2) is 64.6 Å². The van der Waals surface area contributed by atoms with Gasteiger partial charge in [-0.25, -0.2) is 4.98 Å². The first kappa shape index (κ1) is 18.0. The van der Waals surface area contributed by atoms with Crippen LogP contribution in [-0.4, -0.2) is 22.4 Å². The van der Waals surface area contributed by atoms with Crippen molar-refractivity contribution in [1.82, 2.24) is 9.55 Å². The first-order valence-corrected chi connectivity index (χ1v) is 9.70. The number of ether oxygens (including phenoxy) is 1. The molecule has 0 amide bonds. The number of nitrogens with zero attached hydrogens (tertiary/aromatic N) is 2. The molecule has 0 N–H and O–H groups in total. The number of rotatable bonds is 5. The molecule has 0 atom stereocenters. The summed E-state index contributed by atoms with van der Waals surface area (Å²) in [6, 6.07) is 13.2. The molecule has 0 aliphatic rings. The minimum Gasteiger partial charge on any atom is -0.495 e. The van der Waals surface area contributed by atoms with Crippen molar-refractivity contribution in [2.24, 2.45) is 0 Å². The van der Waals surface area contributed by atoms with Crippen LogP contribution in [0.4, 0.5) is 0 Å². The highest BCUT2D eigenvalue weighted by atomic mass is 127. The quantitative estimate of drug-likeness (QED) is 0.238. The fraction of sp³-hybridized carbons (Fsp3) is 0.158. The first-order valence-electron chi connectivity index (χ1n) is 7.64. The minimum absolute atomic E-state index is 0.0998. The van der Waals surface area contributed by atoms with Gasteiger partial charge >= 0.3 is 0 Å². The number of fused-ring (bicyclic) bond motifs is 1. The summed E-state index contributed by atoms with van der Waals surface area (Å²) in [6.07, 6.45) is 0. The van der Waals surface area contributed by atoms with Gasteiger partial charge < -0.3 is 4.74 Å². The van der Waals surface area contributed by atoms with E-state index in [1.54, 1.807) is 11.7 Å². The average molecular weight is 464 g/mol. The van der Waals surface area contributed by atoms with Gasteiger partial charge in [0.2, 0.25) is 0 Å². The lowest BCUT2D eigenvalue weighted by atomic mass is 10.2. The number of halogens is 1. The van der Waals surface area contributed by atoms with E-state index >= 15 is 0 Å². The second kappa shape index (κ2) is 7.61. The van der Waals surface area contributed by atoms with Crippen LogP contribution in [0.3, 0.4) is 0 Å². The van der Waals surface area contributed by atoms with E-state index in [9.17, 15) is 4.79 Å². The Balaban J connectivity index is 2.33. The summed E-state index contributed by atoms with van der Waals surface area (Å²) < 4.78 is 8.08. The van der Waals surface area contributed by atoms with E-state index in [4.69, 9.17) is 9.72 Å². The summed E-state index contributed by atoms with van der Waals surface area (Å²) in [5, 5.41) is 1.23. The summed E-state index contributed by atoms with van der Waals surface area (Å²) in [4.78, 5) is 18.0. The molecule has 0 fully saturated rings. The number of hydrogen-bond acceptors (Lipinski definition) is 4. The molecule has 6 heteroatoms. The predicted molar refractivity (Wildman–Crippen MR) is 112 cm³/mol. The van der Waals surface area contributed by atoms with Crippen LogP contribution < -0.4 is 10.3 Å². The third-order valence-corrected chi connectivity index (χ3v) is 5.41. The second-order valence-electron chi connectivity index (χ2n) is 5.61. The fourth-order valence-electron chi connectivity index (χ4n) is 2.45. The van der Waals surface area contributed by atoms with E-state index in [1.165, 1.54) is 11.8 Å². The van der Waals surface area contributed by atoms with Crippen LogP contribution >= 0.6 is 34.4 Å². The molecule has 0 saturated carbocycles. The highest BCUT2D eigenvalue weighted by molar-refractivity contribution is 14.1. The van der Waals surface area contributed by atoms with Gasteiger partial charge in [0.15, 0.2) is 5.16 Å². The molecule has 4 nitrogen and oxygen atoms in total. The molecule has 0 aliphatic heterocycles. The maximum atomic E-state index is 13.2. The highest BCUT2D eigenvalue weighted by Gasteiger charge is 2.16. The Morgan fingerprint density at radius 2 is 2.08 bits per heavy atom. The van der Waals surface area contributed by atoms with Crippen LogP contribution in [0.5, 0.6) is 5.75 Å². The van der Waals surface area contributed by atoms with Crippen LogP contribution in [0.25, 0.3) is 16.6 Å². The van der Waals surface area contributed by atoms with E-state index in [-0.39, 0.29) is 5.56 Å². The van der Waals surface area contributed by atoms with Gasteiger partial charge in [0.05, 0.1) is 23.7 Å². The van der Waals surface area contributed by atoms with Crippen molar-refractivity contribution >= 4 is 45.3 Å². The van der Waals surface area contributed by atoms with Gasteiger partial charge in [-0.2, -0.15) is 0 Å². The zero-order valence-electron chi connectivity index (χ0n) is 14.0. The van der Waals surface area contributed by atoms with Crippen molar-refractivity contribution in [3.63, 3.8) is 0 Å². The Kier molecular flexibility index (Phi) is 5.48. The molecule has 3 rings (SSSR count). The van der Waals surface area contributed by atoms with Crippen molar-refractivity contribution in [1.29, 1.82) is 0 Å². The molecule has 3 aromatic rings. The monoisotopic (exact) mass is 464 g/mol. The van der Waals surface area contributed by atoms with Crippen LogP contribution in [0.1, 0.15) is 6.92 Å². The molecule has 0 unspecified atom stereocenters. The summed E-state index contributed by atoms with van der Waals surface area (Å²) in [5.41, 5.74) is 2.30. The molecule has 2 aromatic carbocycles. The smallest absolute Gasteiger partial charge is 0.266 e. The Bertz CT molecular complexity index is 1010. The molecule has 0 bridgehead atoms. The number of thioether (sulfide) groups is 1. The molecular formula is C19H17IN2O2S. The molecular weight excluding hydrogens is 447 g/mol. The largest absolute Gasteiger partial charge is 0.495 e. The lowest BCUT2D eigenvalue weighted by Gasteiger charge is -2.15. The first-order chi connectivity index (χ1) is 12.0. The normalized spacial score (nSPS) is 10.8. The molecule has 0 aliphatic carbocycles. The van der Waals surface area contributed by atoms with Gasteiger partial charge in [-0.3, -0.25) is 9.36 Å². The summed E-state index contributed by atoms with van der Waals surface area (Å²) in [7, 11) is 1.60. The second-order valence-corrected chi connectivity index (χ2v) is 7.80. The van der Waals surface area contributed by atoms with E-state index in [0.29, 0.717) is 33.2 Å². The van der Waals surface area contributed by atoms with Crippen LogP contribution in [0.2, 0.25) is 0 Å². The molecule has 25 heavy (non-hydrogen) atoms. The number of aromatic nitrogens is 2. The van der Waals surface area contributed by atoms with E-state index < -0.39 is 0 Å². The third-order valence-electron chi connectivity index (χ3n) is 3.57. The fourth-order valence-corrected chi connectivity index (χ4v) is 3.79. The summed E-state index contributed by atoms with van der Waals surface area (Å²) >= 11 is 3.70. The topological polar surface area (TPSA) is 44.1 Å². The average Bonchev–Trinajstić information content (AvgIpc) is 2.60. The van der Waals surface area contributed by atoms with Crippen LogP contribution in [-0.2, 0) is 0 Å². The highest BCUT2D eigenvalue weighted by Crippen LogP contribution is 2.28. The maximum Gasteiger partial charge on any atom is 0.266 e. The molecule has 0 spiro atoms. The van der Waals surface area contributed by atoms with E-state index in [2.05, 4.69) is 29.2 Å². The minimum atomic E-state index is -0.0998. The van der Waals surface area contributed by atoms with E-state index in [1.807, 2.05) is 49.4 Å². The van der Waals surface area contributed by atoms with Gasteiger partial charge in [0.25, 0.3) is 5.56 Å². The lowest BCUT2D eigenvalue weighted by Crippen LogP contribution is -2.22. The third kappa shape index (κ3) is 3.74. The van der Waals surface area contributed by atoms with Crippen molar-refractivity contribution in [3.05, 3.63) is 68.5 Å². The maximum absolute atomic E-state index is 13.2. The molecule has 0 saturated heterocycles. The van der Waals surface area contributed by atoms with Gasteiger partial charge in [-0.15, -0.1) is 0 Å². The standard InChI is InChI=1S/C19H17IN2O2S/c1-12(2)11-25-19-21-15-9-8-13(20)10-14(15)18(23)22(19)16-6-4-5-7-17(16)24-3/h4-10H,1,11H2,2-3H3. The van der Waals surface area contributed by atoms with Crippen molar-refractivity contribution in [2.75, 3.05) is 12.9 Å². The number of hydrogen-bond donors (Lipinski definition) is 0. The number of benzene rings is 2. The van der Waals surface area contributed by atoms with Gasteiger partial charge in [0, 0.05) is 9.32 Å². The van der Waals surface area contributed by atoms with E-state index in [0.717, 1.165) is 9.14 Å². The molecule has 1 heterocycles. The van der Waals surface area contributed by atoms with Crippen molar-refractivity contribution in [2.45, 2.75) is 12.1 Å². The van der Waals surface area contributed by atoms with Crippen molar-refractivity contribution in [3.8, 4) is 11.4 Å². The zero-order chi connectivity index (χ0) is 18.0. The zero-order valence-corrected chi connectivity index (χ0v) is 16.9. The van der Waals surface area contributed by atoms with Crippen LogP contribution in [0, 0.1) is 3.57 Å². The summed E-state index contributed by atoms with van der Waals surface area (Å²) in [5.74, 6) is 1.32. The molecule has 0 radical (unpaired) electrons. The predicted octanol–water partition coefficient (Wildman–Crippen LogP) is 4.67. The Morgan fingerprint density at radius 3 is 2.80 bits per heavy atom. The Labute approximate surface area is 164 Å². The summed E-state index contributed by atoms with van der Waals surface area (Å²) in [6.45, 7) is 5.90. The van der Waals surface area contributed by atoms with Gasteiger partial charge in [0.1, 0.15) is 5.75 Å². The number of methoxy groups -OCH3 is 1. The Morgan fingerprint density at radius 1 is 1.32 bits per heavy atom. The van der Waals surface area contributed by atoms with Crippen molar-refractivity contribution < 1.29 is 4.74 Å². The Hall–Kier alpha value is -1.80. The number of para-hydroxylation sites is 2. The van der Waals surface area contributed by atoms with Gasteiger partial charge in [-0.1, -0.05) is 36.0 Å². The van der Waals surface area contributed by atoms with Gasteiger partial charge in [-0.05, 0) is 59.8 Å². The molecule has 128 valence electrons. The lowest BCUT2D eigenvalue weighted by molar-refractivity contribution is 0.411. The molecule has 1 aromatic heterocycles. The SMILES string of the molecule is C=C(C)CSc1nc2ccc(I)cc2c(=O)n1-c1ccccc1OC.